The van der Waals surface area contributed by atoms with E-state index in [1.54, 1.807) is 42.5 Å². The predicted octanol–water partition coefficient (Wildman–Crippen LogP) is 2.15. The zero-order valence-electron chi connectivity index (χ0n) is 32.5. The van der Waals surface area contributed by atoms with Gasteiger partial charge in [-0.2, -0.15) is 0 Å². The first kappa shape index (κ1) is 40.3. The molecule has 6 rings (SSSR count). The van der Waals surface area contributed by atoms with Crippen LogP contribution in [0.4, 0.5) is 0 Å². The number of benzene rings is 3. The molecule has 3 aromatic carbocycles. The molecule has 0 aromatic heterocycles. The highest BCUT2D eigenvalue weighted by Gasteiger charge is 2.39. The number of fused-ring (bicyclic) bond motifs is 2. The van der Waals surface area contributed by atoms with Gasteiger partial charge in [0.15, 0.2) is 11.5 Å². The molecule has 1 fully saturated rings. The zero-order valence-corrected chi connectivity index (χ0v) is 32.5. The summed E-state index contributed by atoms with van der Waals surface area (Å²) in [4.78, 5) is 88.1. The lowest BCUT2D eigenvalue weighted by Gasteiger charge is -2.36. The molecular formula is C41H50N6O8. The SMILES string of the molecule is COc1ccc2cc1Oc1ccc(cc1)C[C@H]1C(=O)N(C)[C@@H](C2)C(=O)N[C@@H](C)C(=O)N[C@@H](C)C(=O)N(C)[C@@H](Cc2ccc(C)cc2)C(=O)N[C@@H](C)C(=O)N1C. The summed E-state index contributed by atoms with van der Waals surface area (Å²) >= 11 is 0. The Labute approximate surface area is 321 Å². The third kappa shape index (κ3) is 9.25. The largest absolute Gasteiger partial charge is 0.493 e. The maximum Gasteiger partial charge on any atom is 0.246 e. The predicted molar refractivity (Wildman–Crippen MR) is 204 cm³/mol. The molecule has 0 aliphatic carbocycles. The van der Waals surface area contributed by atoms with E-state index in [0.29, 0.717) is 28.4 Å². The van der Waals surface area contributed by atoms with Crippen LogP contribution in [0.25, 0.3) is 0 Å². The van der Waals surface area contributed by atoms with Gasteiger partial charge in [0.1, 0.15) is 42.0 Å². The van der Waals surface area contributed by atoms with Gasteiger partial charge >= 0.3 is 0 Å². The summed E-state index contributed by atoms with van der Waals surface area (Å²) in [6.45, 7) is 6.42. The molecule has 3 aliphatic rings. The van der Waals surface area contributed by atoms with Crippen molar-refractivity contribution in [3.05, 3.63) is 89.0 Å². The van der Waals surface area contributed by atoms with E-state index in [4.69, 9.17) is 9.47 Å². The Morgan fingerprint density at radius 2 is 1.18 bits per heavy atom. The summed E-state index contributed by atoms with van der Waals surface area (Å²) in [5.74, 6) is -2.13. The Bertz CT molecular complexity index is 1930. The number of aryl methyl sites for hydroxylation is 1. The van der Waals surface area contributed by atoms with Crippen molar-refractivity contribution in [2.45, 2.75) is 83.2 Å². The van der Waals surface area contributed by atoms with Gasteiger partial charge in [-0.05, 0) is 68.7 Å². The average molecular weight is 755 g/mol. The third-order valence-electron chi connectivity index (χ3n) is 10.3. The molecule has 0 unspecified atom stereocenters. The summed E-state index contributed by atoms with van der Waals surface area (Å²) in [6.07, 6.45) is 0.208. The summed E-state index contributed by atoms with van der Waals surface area (Å²) < 4.78 is 11.7. The number of carbonyl (C=O) groups is 6. The van der Waals surface area contributed by atoms with Crippen molar-refractivity contribution >= 4 is 35.4 Å². The molecule has 1 saturated heterocycles. The van der Waals surface area contributed by atoms with Gasteiger partial charge in [-0.1, -0.05) is 48.0 Å². The van der Waals surface area contributed by atoms with Crippen LogP contribution in [0.2, 0.25) is 0 Å². The second-order valence-electron chi connectivity index (χ2n) is 14.4. The molecule has 3 aliphatic heterocycles. The summed E-state index contributed by atoms with van der Waals surface area (Å²) in [5, 5.41) is 8.17. The minimum Gasteiger partial charge on any atom is -0.493 e. The van der Waals surface area contributed by atoms with Crippen LogP contribution in [-0.4, -0.2) is 115 Å². The van der Waals surface area contributed by atoms with Gasteiger partial charge < -0.3 is 40.1 Å². The van der Waals surface area contributed by atoms with Crippen molar-refractivity contribution < 1.29 is 38.2 Å². The van der Waals surface area contributed by atoms with Gasteiger partial charge in [-0.15, -0.1) is 0 Å². The fourth-order valence-corrected chi connectivity index (χ4v) is 6.80. The number of hydrogen-bond acceptors (Lipinski definition) is 8. The van der Waals surface area contributed by atoms with Crippen molar-refractivity contribution in [1.29, 1.82) is 0 Å². The lowest BCUT2D eigenvalue weighted by atomic mass is 9.98. The van der Waals surface area contributed by atoms with Crippen LogP contribution in [0.1, 0.15) is 43.0 Å². The summed E-state index contributed by atoms with van der Waals surface area (Å²) in [7, 11) is 5.95. The first-order valence-electron chi connectivity index (χ1n) is 18.3. The minimum atomic E-state index is -1.15. The van der Waals surface area contributed by atoms with E-state index >= 15 is 0 Å². The lowest BCUT2D eigenvalue weighted by Crippen LogP contribution is -2.61. The minimum absolute atomic E-state index is 0.0131. The Balaban J connectivity index is 1.58. The molecule has 3 N–H and O–H groups in total. The van der Waals surface area contributed by atoms with Gasteiger partial charge in [0.2, 0.25) is 35.4 Å². The van der Waals surface area contributed by atoms with Crippen molar-refractivity contribution in [2.24, 2.45) is 0 Å². The van der Waals surface area contributed by atoms with Crippen LogP contribution in [0.3, 0.4) is 0 Å². The van der Waals surface area contributed by atoms with Gasteiger partial charge in [0.05, 0.1) is 7.11 Å². The normalized spacial score (nSPS) is 24.6. The highest BCUT2D eigenvalue weighted by atomic mass is 16.5. The molecule has 6 bridgehead atoms. The molecule has 3 aromatic rings. The number of nitrogens with zero attached hydrogens (tertiary/aromatic N) is 3. The average Bonchev–Trinajstić information content (AvgIpc) is 3.16. The number of likely N-dealkylation sites (N-methyl/N-ethyl adjacent to an activating group) is 3. The molecule has 0 saturated carbocycles. The smallest absolute Gasteiger partial charge is 0.246 e. The number of nitrogens with one attached hydrogen (secondary N) is 3. The highest BCUT2D eigenvalue weighted by Crippen LogP contribution is 2.34. The third-order valence-corrected chi connectivity index (χ3v) is 10.3. The van der Waals surface area contributed by atoms with E-state index in [-0.39, 0.29) is 19.3 Å². The molecule has 6 amide bonds. The number of methoxy groups -OCH3 is 1. The molecule has 0 radical (unpaired) electrons. The fraction of sp³-hybridized carbons (Fsp3) is 0.415. The number of ether oxygens (including phenoxy) is 2. The highest BCUT2D eigenvalue weighted by molar-refractivity contribution is 5.98. The second kappa shape index (κ2) is 17.0. The van der Waals surface area contributed by atoms with Crippen molar-refractivity contribution in [2.75, 3.05) is 28.3 Å². The van der Waals surface area contributed by atoms with Crippen LogP contribution in [0.15, 0.2) is 66.7 Å². The molecule has 14 heteroatoms. The van der Waals surface area contributed by atoms with E-state index in [1.807, 2.05) is 31.2 Å². The number of amides is 6. The van der Waals surface area contributed by atoms with E-state index in [2.05, 4.69) is 16.0 Å². The Morgan fingerprint density at radius 3 is 1.82 bits per heavy atom. The van der Waals surface area contributed by atoms with Crippen LogP contribution in [0, 0.1) is 6.92 Å². The van der Waals surface area contributed by atoms with Crippen molar-refractivity contribution in [1.82, 2.24) is 30.7 Å². The van der Waals surface area contributed by atoms with Gasteiger partial charge in [0.25, 0.3) is 0 Å². The van der Waals surface area contributed by atoms with E-state index in [9.17, 15) is 28.8 Å². The van der Waals surface area contributed by atoms with Crippen LogP contribution < -0.4 is 25.4 Å². The van der Waals surface area contributed by atoms with E-state index < -0.39 is 71.7 Å². The topological polar surface area (TPSA) is 167 Å². The Hall–Kier alpha value is -5.92. The fourth-order valence-electron chi connectivity index (χ4n) is 6.80. The maximum atomic E-state index is 14.6. The molecule has 55 heavy (non-hydrogen) atoms. The van der Waals surface area contributed by atoms with E-state index in [0.717, 1.165) is 11.1 Å². The first-order chi connectivity index (χ1) is 26.1. The molecule has 292 valence electrons. The standard InChI is InChI=1S/C41H50N6O8/c1-23-9-11-27(12-10-23)19-31-38(50)44-26(4)40(52)47(7)33-20-28-13-16-30(17-14-28)55-35-22-29(15-18-34(35)54-8)21-32(46(6)41(33)53)37(49)42-24(2)36(48)43-25(3)39(51)45(31)5/h9-18,22,24-26,31-33H,19-21H2,1-8H3,(H,42,49)(H,43,48)(H,44,50)/t24-,25-,26-,31-,32-,33-/m0/s1. The molecule has 6 atom stereocenters. The molecule has 0 spiro atoms. The molecular weight excluding hydrogens is 704 g/mol. The second-order valence-corrected chi connectivity index (χ2v) is 14.4. The number of rotatable bonds is 3. The molecule has 3 heterocycles. The van der Waals surface area contributed by atoms with Crippen molar-refractivity contribution in [3.8, 4) is 17.2 Å². The first-order valence-corrected chi connectivity index (χ1v) is 18.3. The monoisotopic (exact) mass is 754 g/mol. The quantitative estimate of drug-likeness (QED) is 0.366. The molecule has 14 nitrogen and oxygen atoms in total. The Morgan fingerprint density at radius 1 is 0.636 bits per heavy atom. The van der Waals surface area contributed by atoms with Crippen LogP contribution >= 0.6 is 0 Å². The van der Waals surface area contributed by atoms with Crippen molar-refractivity contribution in [3.63, 3.8) is 0 Å². The van der Waals surface area contributed by atoms with Crippen LogP contribution in [0.5, 0.6) is 17.2 Å². The number of hydrogen-bond donors (Lipinski definition) is 3. The summed E-state index contributed by atoms with van der Waals surface area (Å²) in [5.41, 5.74) is 3.13. The lowest BCUT2D eigenvalue weighted by molar-refractivity contribution is -0.149. The maximum absolute atomic E-state index is 14.6. The Kier molecular flexibility index (Phi) is 12.5. The van der Waals surface area contributed by atoms with Gasteiger partial charge in [-0.3, -0.25) is 28.8 Å². The van der Waals surface area contributed by atoms with Crippen LogP contribution in [-0.2, 0) is 48.0 Å². The van der Waals surface area contributed by atoms with Gasteiger partial charge in [0, 0.05) is 40.4 Å². The zero-order chi connectivity index (χ0) is 40.1. The number of carbonyl (C=O) groups excluding carboxylic acids is 6. The summed E-state index contributed by atoms with van der Waals surface area (Å²) in [6, 6.07) is 13.1. The van der Waals surface area contributed by atoms with E-state index in [1.165, 1.54) is 63.7 Å². The van der Waals surface area contributed by atoms with Gasteiger partial charge in [-0.25, -0.2) is 0 Å².